The van der Waals surface area contributed by atoms with Gasteiger partial charge in [0.05, 0.1) is 0 Å². The van der Waals surface area contributed by atoms with Crippen molar-refractivity contribution < 1.29 is 5.11 Å². The third kappa shape index (κ3) is 1.31. The van der Waals surface area contributed by atoms with Crippen LogP contribution in [0.5, 0.6) is 0 Å². The van der Waals surface area contributed by atoms with Gasteiger partial charge in [0.1, 0.15) is 0 Å². The van der Waals surface area contributed by atoms with Crippen molar-refractivity contribution in [2.24, 2.45) is 11.3 Å². The van der Waals surface area contributed by atoms with Gasteiger partial charge in [0, 0.05) is 6.61 Å². The minimum Gasteiger partial charge on any atom is -0.396 e. The number of hydrogen-bond donors (Lipinski definition) is 1. The van der Waals surface area contributed by atoms with Crippen molar-refractivity contribution in [2.45, 2.75) is 44.9 Å². The van der Waals surface area contributed by atoms with Crippen LogP contribution in [-0.2, 0) is 0 Å². The minimum absolute atomic E-state index is 0.397. The zero-order valence-electron chi connectivity index (χ0n) is 7.18. The molecule has 0 spiro atoms. The monoisotopic (exact) mass is 154 g/mol. The van der Waals surface area contributed by atoms with Crippen molar-refractivity contribution >= 4 is 0 Å². The van der Waals surface area contributed by atoms with Crippen molar-refractivity contribution in [2.75, 3.05) is 6.61 Å². The van der Waals surface area contributed by atoms with E-state index < -0.39 is 0 Å². The highest BCUT2D eigenvalue weighted by Gasteiger charge is 2.53. The zero-order valence-corrected chi connectivity index (χ0v) is 7.18. The molecule has 0 heterocycles. The lowest BCUT2D eigenvalue weighted by molar-refractivity contribution is 0.243. The van der Waals surface area contributed by atoms with Gasteiger partial charge < -0.3 is 5.11 Å². The van der Waals surface area contributed by atoms with E-state index in [0.29, 0.717) is 6.61 Å². The van der Waals surface area contributed by atoms with Gasteiger partial charge in [-0.1, -0.05) is 12.8 Å². The molecule has 0 radical (unpaired) electrons. The normalized spacial score (nSPS) is 41.7. The third-order valence-corrected chi connectivity index (χ3v) is 3.67. The van der Waals surface area contributed by atoms with Crippen molar-refractivity contribution in [3.05, 3.63) is 0 Å². The topological polar surface area (TPSA) is 20.2 Å². The van der Waals surface area contributed by atoms with Gasteiger partial charge in [-0.2, -0.15) is 0 Å². The summed E-state index contributed by atoms with van der Waals surface area (Å²) in [5, 5.41) is 8.73. The van der Waals surface area contributed by atoms with Gasteiger partial charge in [0.25, 0.3) is 0 Å². The number of aliphatic hydroxyl groups excluding tert-OH is 1. The molecule has 0 bridgehead atoms. The molecule has 0 amide bonds. The predicted octanol–water partition coefficient (Wildman–Crippen LogP) is 2.34. The van der Waals surface area contributed by atoms with Gasteiger partial charge in [0.15, 0.2) is 0 Å². The Morgan fingerprint density at radius 2 is 2.27 bits per heavy atom. The Kier molecular flexibility index (Phi) is 1.92. The maximum Gasteiger partial charge on any atom is 0.0431 e. The molecular formula is C10H18O. The smallest absolute Gasteiger partial charge is 0.0431 e. The van der Waals surface area contributed by atoms with E-state index in [0.717, 1.165) is 17.8 Å². The zero-order chi connectivity index (χ0) is 7.73. The Morgan fingerprint density at radius 1 is 1.36 bits per heavy atom. The molecule has 0 aliphatic heterocycles. The van der Waals surface area contributed by atoms with Crippen molar-refractivity contribution in [1.82, 2.24) is 0 Å². The van der Waals surface area contributed by atoms with Crippen LogP contribution in [0.25, 0.3) is 0 Å². The second-order valence-electron chi connectivity index (χ2n) is 4.34. The molecule has 1 heteroatoms. The second kappa shape index (κ2) is 2.78. The minimum atomic E-state index is 0.397. The molecule has 2 rings (SSSR count). The summed E-state index contributed by atoms with van der Waals surface area (Å²) in [5.74, 6) is 1.06. The first-order valence-electron chi connectivity index (χ1n) is 4.98. The van der Waals surface area contributed by atoms with E-state index in [1.165, 1.54) is 38.5 Å². The summed E-state index contributed by atoms with van der Waals surface area (Å²) in [4.78, 5) is 0. The number of aliphatic hydroxyl groups is 1. The van der Waals surface area contributed by atoms with Crippen molar-refractivity contribution in [1.29, 1.82) is 0 Å². The van der Waals surface area contributed by atoms with E-state index in [-0.39, 0.29) is 0 Å². The summed E-state index contributed by atoms with van der Waals surface area (Å²) in [5.41, 5.74) is 0.737. The fourth-order valence-electron chi connectivity index (χ4n) is 2.88. The van der Waals surface area contributed by atoms with E-state index in [4.69, 9.17) is 5.11 Å². The molecule has 2 atom stereocenters. The molecule has 2 aliphatic rings. The molecule has 0 aromatic rings. The van der Waals surface area contributed by atoms with Gasteiger partial charge in [0.2, 0.25) is 0 Å². The fourth-order valence-corrected chi connectivity index (χ4v) is 2.88. The predicted molar refractivity (Wildman–Crippen MR) is 45.3 cm³/mol. The largest absolute Gasteiger partial charge is 0.396 e. The average molecular weight is 154 g/mol. The Labute approximate surface area is 68.8 Å². The molecule has 11 heavy (non-hydrogen) atoms. The molecular weight excluding hydrogens is 136 g/mol. The van der Waals surface area contributed by atoms with Crippen molar-refractivity contribution in [3.8, 4) is 0 Å². The van der Waals surface area contributed by atoms with E-state index in [1.807, 2.05) is 0 Å². The number of hydrogen-bond acceptors (Lipinski definition) is 1. The Hall–Kier alpha value is -0.0400. The highest BCUT2D eigenvalue weighted by atomic mass is 16.2. The Balaban J connectivity index is 1.82. The standard InChI is InChI=1S/C10H18O/c11-7-3-6-10-5-2-1-4-9(10)8-10/h9,11H,1-8H2/t9-,10-/m0/s1. The summed E-state index contributed by atoms with van der Waals surface area (Å²) < 4.78 is 0. The fraction of sp³-hybridized carbons (Fsp3) is 1.00. The Bertz CT molecular complexity index is 144. The van der Waals surface area contributed by atoms with Gasteiger partial charge in [-0.25, -0.2) is 0 Å². The molecule has 0 saturated heterocycles. The average Bonchev–Trinajstić information content (AvgIpc) is 2.75. The van der Waals surface area contributed by atoms with Crippen LogP contribution in [0.1, 0.15) is 44.9 Å². The lowest BCUT2D eigenvalue weighted by Gasteiger charge is -2.21. The second-order valence-corrected chi connectivity index (χ2v) is 4.34. The summed E-state index contributed by atoms with van der Waals surface area (Å²) in [7, 11) is 0. The van der Waals surface area contributed by atoms with Gasteiger partial charge in [-0.3, -0.25) is 0 Å². The highest BCUT2D eigenvalue weighted by Crippen LogP contribution is 2.63. The van der Waals surface area contributed by atoms with Crippen LogP contribution < -0.4 is 0 Å². The van der Waals surface area contributed by atoms with Crippen LogP contribution in [0.3, 0.4) is 0 Å². The maximum absolute atomic E-state index is 8.73. The molecule has 2 fully saturated rings. The van der Waals surface area contributed by atoms with E-state index in [2.05, 4.69) is 0 Å². The van der Waals surface area contributed by atoms with Crippen LogP contribution in [-0.4, -0.2) is 11.7 Å². The summed E-state index contributed by atoms with van der Waals surface area (Å²) in [6, 6.07) is 0. The molecule has 0 aromatic carbocycles. The van der Waals surface area contributed by atoms with Gasteiger partial charge >= 0.3 is 0 Å². The van der Waals surface area contributed by atoms with Crippen LogP contribution in [0.2, 0.25) is 0 Å². The first-order chi connectivity index (χ1) is 5.37. The summed E-state index contributed by atoms with van der Waals surface area (Å²) in [6.07, 6.45) is 9.66. The van der Waals surface area contributed by atoms with E-state index in [9.17, 15) is 0 Å². The molecule has 0 aromatic heterocycles. The lowest BCUT2D eigenvalue weighted by atomic mass is 9.85. The quantitative estimate of drug-likeness (QED) is 0.661. The number of fused-ring (bicyclic) bond motifs is 1. The van der Waals surface area contributed by atoms with E-state index in [1.54, 1.807) is 0 Å². The summed E-state index contributed by atoms with van der Waals surface area (Å²) >= 11 is 0. The highest BCUT2D eigenvalue weighted by molar-refractivity contribution is 5.03. The van der Waals surface area contributed by atoms with Crippen LogP contribution in [0, 0.1) is 11.3 Å². The van der Waals surface area contributed by atoms with E-state index >= 15 is 0 Å². The number of rotatable bonds is 3. The van der Waals surface area contributed by atoms with Crippen LogP contribution >= 0.6 is 0 Å². The van der Waals surface area contributed by atoms with Crippen LogP contribution in [0.15, 0.2) is 0 Å². The van der Waals surface area contributed by atoms with Gasteiger partial charge in [-0.05, 0) is 43.4 Å². The van der Waals surface area contributed by atoms with Gasteiger partial charge in [-0.15, -0.1) is 0 Å². The SMILES string of the molecule is OCCC[C@]12CCCC[C@H]1C2. The third-order valence-electron chi connectivity index (χ3n) is 3.67. The van der Waals surface area contributed by atoms with Crippen LogP contribution in [0.4, 0.5) is 0 Å². The first kappa shape index (κ1) is 7.60. The molecule has 64 valence electrons. The molecule has 0 unspecified atom stereocenters. The van der Waals surface area contributed by atoms with Crippen molar-refractivity contribution in [3.63, 3.8) is 0 Å². The Morgan fingerprint density at radius 3 is 3.00 bits per heavy atom. The molecule has 1 nitrogen and oxygen atoms in total. The first-order valence-corrected chi connectivity index (χ1v) is 4.98. The molecule has 2 saturated carbocycles. The summed E-state index contributed by atoms with van der Waals surface area (Å²) in [6.45, 7) is 0.397. The maximum atomic E-state index is 8.73. The molecule has 2 aliphatic carbocycles. The lowest BCUT2D eigenvalue weighted by Crippen LogP contribution is -2.09. The molecule has 1 N–H and O–H groups in total.